The van der Waals surface area contributed by atoms with Gasteiger partial charge in [-0.1, -0.05) is 43.3 Å². The zero-order valence-electron chi connectivity index (χ0n) is 15.2. The van der Waals surface area contributed by atoms with Gasteiger partial charge in [0, 0.05) is 19.2 Å². The molecule has 1 atom stereocenters. The van der Waals surface area contributed by atoms with Crippen molar-refractivity contribution in [1.29, 1.82) is 0 Å². The van der Waals surface area contributed by atoms with Crippen LogP contribution in [0.3, 0.4) is 0 Å². The van der Waals surface area contributed by atoms with Crippen LogP contribution in [0.2, 0.25) is 0 Å². The second-order valence-corrected chi connectivity index (χ2v) is 7.58. The van der Waals surface area contributed by atoms with Crippen molar-refractivity contribution < 1.29 is 18.0 Å². The summed E-state index contributed by atoms with van der Waals surface area (Å²) in [7, 11) is -2.59. The van der Waals surface area contributed by atoms with Crippen molar-refractivity contribution in [2.45, 2.75) is 24.3 Å². The molecule has 2 amide bonds. The number of carbonyl (C=O) groups excluding carboxylic acids is 2. The fourth-order valence-corrected chi connectivity index (χ4v) is 3.66. The normalized spacial score (nSPS) is 12.2. The Labute approximate surface area is 159 Å². The van der Waals surface area contributed by atoms with Gasteiger partial charge in [0.05, 0.1) is 4.90 Å². The van der Waals surface area contributed by atoms with E-state index in [1.807, 2.05) is 6.92 Å². The molecule has 0 radical (unpaired) electrons. The van der Waals surface area contributed by atoms with Crippen molar-refractivity contribution >= 4 is 21.8 Å². The SMILES string of the molecule is CCCNC(=O)c1cccc(S(=O)(=O)N[C@H](C(=O)NC)c2ccccc2)c1. The Bertz CT molecular complexity index is 898. The Hall–Kier alpha value is -2.71. The molecule has 0 saturated heterocycles. The van der Waals surface area contributed by atoms with Crippen LogP contribution in [0.4, 0.5) is 0 Å². The van der Waals surface area contributed by atoms with E-state index in [4.69, 9.17) is 0 Å². The van der Waals surface area contributed by atoms with Crippen LogP contribution in [-0.4, -0.2) is 33.8 Å². The molecular weight excluding hydrogens is 366 g/mol. The van der Waals surface area contributed by atoms with Crippen molar-refractivity contribution in [2.75, 3.05) is 13.6 Å². The van der Waals surface area contributed by atoms with Gasteiger partial charge in [-0.05, 0) is 30.2 Å². The third-order valence-electron chi connectivity index (χ3n) is 3.86. The van der Waals surface area contributed by atoms with Gasteiger partial charge in [0.25, 0.3) is 5.91 Å². The van der Waals surface area contributed by atoms with Gasteiger partial charge in [0.15, 0.2) is 0 Å². The fourth-order valence-electron chi connectivity index (χ4n) is 2.43. The van der Waals surface area contributed by atoms with Crippen molar-refractivity contribution in [3.05, 3.63) is 65.7 Å². The van der Waals surface area contributed by atoms with Gasteiger partial charge in [-0.25, -0.2) is 8.42 Å². The number of nitrogens with one attached hydrogen (secondary N) is 3. The molecule has 0 unspecified atom stereocenters. The van der Waals surface area contributed by atoms with Gasteiger partial charge in [-0.15, -0.1) is 0 Å². The summed E-state index contributed by atoms with van der Waals surface area (Å²) in [5.74, 6) is -0.832. The molecule has 0 bridgehead atoms. The summed E-state index contributed by atoms with van der Waals surface area (Å²) in [6, 6.07) is 13.2. The molecule has 144 valence electrons. The maximum atomic E-state index is 12.8. The van der Waals surface area contributed by atoms with Gasteiger partial charge >= 0.3 is 0 Å². The van der Waals surface area contributed by atoms with E-state index in [0.717, 1.165) is 6.42 Å². The lowest BCUT2D eigenvalue weighted by Gasteiger charge is -2.18. The Morgan fingerprint density at radius 1 is 1.04 bits per heavy atom. The van der Waals surface area contributed by atoms with Gasteiger partial charge in [0.1, 0.15) is 6.04 Å². The first-order valence-electron chi connectivity index (χ1n) is 8.56. The molecule has 3 N–H and O–H groups in total. The lowest BCUT2D eigenvalue weighted by Crippen LogP contribution is -2.39. The minimum atomic E-state index is -4.03. The monoisotopic (exact) mass is 389 g/mol. The van der Waals surface area contributed by atoms with Crippen LogP contribution in [0.5, 0.6) is 0 Å². The highest BCUT2D eigenvalue weighted by atomic mass is 32.2. The highest BCUT2D eigenvalue weighted by molar-refractivity contribution is 7.89. The first kappa shape index (κ1) is 20.6. The summed E-state index contributed by atoms with van der Waals surface area (Å²) in [6.07, 6.45) is 0.774. The largest absolute Gasteiger partial charge is 0.357 e. The van der Waals surface area contributed by atoms with E-state index >= 15 is 0 Å². The van der Waals surface area contributed by atoms with Gasteiger partial charge < -0.3 is 10.6 Å². The Balaban J connectivity index is 2.31. The first-order valence-corrected chi connectivity index (χ1v) is 10.0. The molecule has 8 heteroatoms. The molecule has 2 aromatic rings. The number of hydrogen-bond donors (Lipinski definition) is 3. The van der Waals surface area contributed by atoms with Gasteiger partial charge in [-0.2, -0.15) is 4.72 Å². The molecule has 2 aromatic carbocycles. The fraction of sp³-hybridized carbons (Fsp3) is 0.263. The van der Waals surface area contributed by atoms with E-state index < -0.39 is 22.0 Å². The third kappa shape index (κ3) is 5.38. The van der Waals surface area contributed by atoms with E-state index in [-0.39, 0.29) is 16.4 Å². The minimum absolute atomic E-state index is 0.0866. The van der Waals surface area contributed by atoms with Crippen molar-refractivity contribution in [3.63, 3.8) is 0 Å². The molecule has 0 spiro atoms. The topological polar surface area (TPSA) is 104 Å². The Morgan fingerprint density at radius 3 is 2.37 bits per heavy atom. The average Bonchev–Trinajstić information content (AvgIpc) is 2.70. The number of amides is 2. The van der Waals surface area contributed by atoms with Crippen LogP contribution in [0.1, 0.15) is 35.3 Å². The zero-order valence-corrected chi connectivity index (χ0v) is 16.0. The van der Waals surface area contributed by atoms with Crippen molar-refractivity contribution in [1.82, 2.24) is 15.4 Å². The van der Waals surface area contributed by atoms with E-state index in [1.54, 1.807) is 30.3 Å². The van der Waals surface area contributed by atoms with E-state index in [2.05, 4.69) is 15.4 Å². The number of hydrogen-bond acceptors (Lipinski definition) is 4. The molecule has 0 aliphatic heterocycles. The predicted molar refractivity (Wildman–Crippen MR) is 103 cm³/mol. The van der Waals surface area contributed by atoms with Crippen molar-refractivity contribution in [2.24, 2.45) is 0 Å². The summed E-state index contributed by atoms with van der Waals surface area (Å²) in [5, 5.41) is 5.16. The van der Waals surface area contributed by atoms with Crippen LogP contribution in [-0.2, 0) is 14.8 Å². The van der Waals surface area contributed by atoms with Crippen LogP contribution >= 0.6 is 0 Å². The second kappa shape index (κ2) is 9.29. The van der Waals surface area contributed by atoms with E-state index in [1.165, 1.54) is 31.3 Å². The Kier molecular flexibility index (Phi) is 7.09. The highest BCUT2D eigenvalue weighted by Crippen LogP contribution is 2.18. The quantitative estimate of drug-likeness (QED) is 0.638. The molecule has 0 fully saturated rings. The van der Waals surface area contributed by atoms with Gasteiger partial charge in [-0.3, -0.25) is 9.59 Å². The van der Waals surface area contributed by atoms with Gasteiger partial charge in [0.2, 0.25) is 15.9 Å². The van der Waals surface area contributed by atoms with E-state index in [0.29, 0.717) is 12.1 Å². The molecule has 0 aliphatic rings. The number of carbonyl (C=O) groups is 2. The van der Waals surface area contributed by atoms with Crippen LogP contribution in [0, 0.1) is 0 Å². The number of sulfonamides is 1. The maximum absolute atomic E-state index is 12.8. The minimum Gasteiger partial charge on any atom is -0.357 e. The lowest BCUT2D eigenvalue weighted by molar-refractivity contribution is -0.122. The summed E-state index contributed by atoms with van der Waals surface area (Å²) >= 11 is 0. The summed E-state index contributed by atoms with van der Waals surface area (Å²) < 4.78 is 28.0. The first-order chi connectivity index (χ1) is 12.9. The van der Waals surface area contributed by atoms with Crippen LogP contribution in [0.15, 0.2) is 59.5 Å². The molecular formula is C19H23N3O4S. The molecule has 2 rings (SSSR count). The molecule has 27 heavy (non-hydrogen) atoms. The molecule has 0 saturated carbocycles. The summed E-state index contributed by atoms with van der Waals surface area (Å²) in [5.41, 5.74) is 0.750. The predicted octanol–water partition coefficient (Wildman–Crippen LogP) is 1.59. The maximum Gasteiger partial charge on any atom is 0.251 e. The number of likely N-dealkylation sites (N-methyl/N-ethyl adjacent to an activating group) is 1. The third-order valence-corrected chi connectivity index (χ3v) is 5.28. The van der Waals surface area contributed by atoms with Crippen molar-refractivity contribution in [3.8, 4) is 0 Å². The standard InChI is InChI=1S/C19H23N3O4S/c1-3-12-21-18(23)15-10-7-11-16(13-15)27(25,26)22-17(19(24)20-2)14-8-5-4-6-9-14/h4-11,13,17,22H,3,12H2,1-2H3,(H,20,24)(H,21,23)/t17-/m0/s1. The Morgan fingerprint density at radius 2 is 1.74 bits per heavy atom. The molecule has 7 nitrogen and oxygen atoms in total. The zero-order chi connectivity index (χ0) is 19.9. The molecule has 0 aliphatic carbocycles. The smallest absolute Gasteiger partial charge is 0.251 e. The average molecular weight is 389 g/mol. The molecule has 0 heterocycles. The lowest BCUT2D eigenvalue weighted by atomic mass is 10.1. The van der Waals surface area contributed by atoms with E-state index in [9.17, 15) is 18.0 Å². The number of rotatable bonds is 8. The number of benzene rings is 2. The highest BCUT2D eigenvalue weighted by Gasteiger charge is 2.27. The summed E-state index contributed by atoms with van der Waals surface area (Å²) in [4.78, 5) is 24.2. The van der Waals surface area contributed by atoms with Crippen LogP contribution < -0.4 is 15.4 Å². The second-order valence-electron chi connectivity index (χ2n) is 5.86. The van der Waals surface area contributed by atoms with Crippen LogP contribution in [0.25, 0.3) is 0 Å². The summed E-state index contributed by atoms with van der Waals surface area (Å²) in [6.45, 7) is 2.42. The molecule has 0 aromatic heterocycles.